The molecule has 1 fully saturated rings. The molecule has 0 spiro atoms. The lowest BCUT2D eigenvalue weighted by atomic mass is 9.82. The smallest absolute Gasteiger partial charge is 0.310 e. The number of carboxylic acid groups (broad SMARTS) is 1. The van der Waals surface area contributed by atoms with Crippen molar-refractivity contribution in [1.29, 1.82) is 0 Å². The summed E-state index contributed by atoms with van der Waals surface area (Å²) in [7, 11) is 0. The van der Waals surface area contributed by atoms with Crippen LogP contribution >= 0.6 is 0 Å². The summed E-state index contributed by atoms with van der Waals surface area (Å²) in [6, 6.07) is 0. The van der Waals surface area contributed by atoms with Crippen molar-refractivity contribution in [2.45, 2.75) is 26.2 Å². The lowest BCUT2D eigenvalue weighted by Gasteiger charge is -2.37. The summed E-state index contributed by atoms with van der Waals surface area (Å²) in [6.07, 6.45) is -1.14. The zero-order valence-corrected chi connectivity index (χ0v) is 8.17. The summed E-state index contributed by atoms with van der Waals surface area (Å²) in [4.78, 5) is 12.4. The number of alkyl halides is 2. The van der Waals surface area contributed by atoms with E-state index in [9.17, 15) is 13.6 Å². The highest BCUT2D eigenvalue weighted by atomic mass is 19.3. The standard InChI is InChI=1S/C9H15F2NO2/c1-9(8(13)14)3-2-4-12(6-9)5-7(10)11/h7H,2-6H2,1H3,(H,13,14). The van der Waals surface area contributed by atoms with Crippen LogP contribution in [0.3, 0.4) is 0 Å². The number of piperidine rings is 1. The third-order valence-corrected chi connectivity index (χ3v) is 2.69. The van der Waals surface area contributed by atoms with Crippen LogP contribution in [-0.4, -0.2) is 42.0 Å². The van der Waals surface area contributed by atoms with Crippen LogP contribution in [0.15, 0.2) is 0 Å². The summed E-state index contributed by atoms with van der Waals surface area (Å²) >= 11 is 0. The maximum atomic E-state index is 12.1. The molecule has 1 aliphatic rings. The summed E-state index contributed by atoms with van der Waals surface area (Å²) in [5, 5.41) is 8.94. The van der Waals surface area contributed by atoms with E-state index in [2.05, 4.69) is 0 Å². The minimum absolute atomic E-state index is 0.229. The Labute approximate surface area is 81.7 Å². The Morgan fingerprint density at radius 2 is 2.29 bits per heavy atom. The van der Waals surface area contributed by atoms with Gasteiger partial charge in [-0.1, -0.05) is 0 Å². The van der Waals surface area contributed by atoms with E-state index in [0.717, 1.165) is 0 Å². The number of hydrogen-bond donors (Lipinski definition) is 1. The average Bonchev–Trinajstić information content (AvgIpc) is 2.02. The number of nitrogens with zero attached hydrogens (tertiary/aromatic N) is 1. The number of halogens is 2. The molecule has 0 radical (unpaired) electrons. The Kier molecular flexibility index (Phi) is 3.42. The molecule has 0 aliphatic carbocycles. The van der Waals surface area contributed by atoms with E-state index in [0.29, 0.717) is 19.4 Å². The molecule has 0 bridgehead atoms. The zero-order chi connectivity index (χ0) is 10.8. The first kappa shape index (κ1) is 11.4. The molecule has 14 heavy (non-hydrogen) atoms. The largest absolute Gasteiger partial charge is 0.481 e. The topological polar surface area (TPSA) is 40.5 Å². The molecular formula is C9H15F2NO2. The molecule has 1 heterocycles. The second-order valence-electron chi connectivity index (χ2n) is 4.10. The number of rotatable bonds is 3. The highest BCUT2D eigenvalue weighted by Crippen LogP contribution is 2.29. The van der Waals surface area contributed by atoms with Crippen LogP contribution < -0.4 is 0 Å². The van der Waals surface area contributed by atoms with Crippen LogP contribution in [0.5, 0.6) is 0 Å². The molecule has 1 unspecified atom stereocenters. The summed E-state index contributed by atoms with van der Waals surface area (Å²) < 4.78 is 24.2. The molecule has 0 aromatic rings. The first-order valence-electron chi connectivity index (χ1n) is 4.68. The van der Waals surface area contributed by atoms with Gasteiger partial charge in [0.05, 0.1) is 12.0 Å². The lowest BCUT2D eigenvalue weighted by molar-refractivity contribution is -0.151. The van der Waals surface area contributed by atoms with Gasteiger partial charge in [-0.3, -0.25) is 9.69 Å². The van der Waals surface area contributed by atoms with Gasteiger partial charge in [0, 0.05) is 6.54 Å². The fraction of sp³-hybridized carbons (Fsp3) is 0.889. The van der Waals surface area contributed by atoms with Crippen molar-refractivity contribution >= 4 is 5.97 Å². The van der Waals surface area contributed by atoms with Crippen molar-refractivity contribution in [2.75, 3.05) is 19.6 Å². The normalized spacial score (nSPS) is 29.4. The number of hydrogen-bond acceptors (Lipinski definition) is 2. The van der Waals surface area contributed by atoms with Gasteiger partial charge < -0.3 is 5.11 Å². The maximum Gasteiger partial charge on any atom is 0.310 e. The highest BCUT2D eigenvalue weighted by Gasteiger charge is 2.38. The molecule has 0 saturated carbocycles. The third-order valence-electron chi connectivity index (χ3n) is 2.69. The minimum atomic E-state index is -2.38. The van der Waals surface area contributed by atoms with Crippen molar-refractivity contribution in [3.05, 3.63) is 0 Å². The molecule has 1 rings (SSSR count). The first-order chi connectivity index (χ1) is 6.44. The predicted molar refractivity (Wildman–Crippen MR) is 47.4 cm³/mol. The Morgan fingerprint density at radius 1 is 1.64 bits per heavy atom. The van der Waals surface area contributed by atoms with Gasteiger partial charge in [-0.2, -0.15) is 0 Å². The average molecular weight is 207 g/mol. The Morgan fingerprint density at radius 3 is 2.79 bits per heavy atom. The van der Waals surface area contributed by atoms with E-state index in [1.807, 2.05) is 0 Å². The minimum Gasteiger partial charge on any atom is -0.481 e. The van der Waals surface area contributed by atoms with E-state index < -0.39 is 17.8 Å². The van der Waals surface area contributed by atoms with Gasteiger partial charge in [-0.05, 0) is 26.3 Å². The van der Waals surface area contributed by atoms with Gasteiger partial charge in [0.2, 0.25) is 0 Å². The molecular weight excluding hydrogens is 192 g/mol. The van der Waals surface area contributed by atoms with Crippen LogP contribution in [0.2, 0.25) is 0 Å². The summed E-state index contributed by atoms with van der Waals surface area (Å²) in [6.45, 7) is 2.11. The second-order valence-corrected chi connectivity index (χ2v) is 4.10. The molecule has 0 aromatic heterocycles. The first-order valence-corrected chi connectivity index (χ1v) is 4.68. The van der Waals surface area contributed by atoms with Gasteiger partial charge in [0.1, 0.15) is 0 Å². The van der Waals surface area contributed by atoms with Crippen molar-refractivity contribution in [1.82, 2.24) is 4.90 Å². The van der Waals surface area contributed by atoms with E-state index in [4.69, 9.17) is 5.11 Å². The molecule has 3 nitrogen and oxygen atoms in total. The van der Waals surface area contributed by atoms with Crippen molar-refractivity contribution in [3.8, 4) is 0 Å². The molecule has 1 N–H and O–H groups in total. The maximum absolute atomic E-state index is 12.1. The Balaban J connectivity index is 2.55. The van der Waals surface area contributed by atoms with E-state index in [1.54, 1.807) is 6.92 Å². The lowest BCUT2D eigenvalue weighted by Crippen LogP contribution is -2.47. The summed E-state index contributed by atoms with van der Waals surface area (Å²) in [5.74, 6) is -0.892. The molecule has 0 aromatic carbocycles. The number of carbonyl (C=O) groups is 1. The molecule has 82 valence electrons. The monoisotopic (exact) mass is 207 g/mol. The molecule has 0 amide bonds. The fourth-order valence-electron chi connectivity index (χ4n) is 1.87. The Bertz CT molecular complexity index is 223. The van der Waals surface area contributed by atoms with Crippen LogP contribution in [0.1, 0.15) is 19.8 Å². The van der Waals surface area contributed by atoms with Gasteiger partial charge in [-0.25, -0.2) is 8.78 Å². The van der Waals surface area contributed by atoms with Gasteiger partial charge in [-0.15, -0.1) is 0 Å². The van der Waals surface area contributed by atoms with Gasteiger partial charge in [0.25, 0.3) is 6.43 Å². The molecule has 1 aliphatic heterocycles. The van der Waals surface area contributed by atoms with Crippen molar-refractivity contribution in [2.24, 2.45) is 5.41 Å². The van der Waals surface area contributed by atoms with Crippen LogP contribution in [0.25, 0.3) is 0 Å². The second kappa shape index (κ2) is 4.21. The van der Waals surface area contributed by atoms with Crippen LogP contribution in [0, 0.1) is 5.41 Å². The molecule has 1 saturated heterocycles. The summed E-state index contributed by atoms with van der Waals surface area (Å²) in [5.41, 5.74) is -0.854. The molecule has 5 heteroatoms. The zero-order valence-electron chi connectivity index (χ0n) is 8.17. The van der Waals surface area contributed by atoms with Crippen LogP contribution in [0.4, 0.5) is 8.78 Å². The van der Waals surface area contributed by atoms with E-state index in [1.165, 1.54) is 4.90 Å². The van der Waals surface area contributed by atoms with Crippen molar-refractivity contribution in [3.63, 3.8) is 0 Å². The number of aliphatic carboxylic acids is 1. The van der Waals surface area contributed by atoms with Crippen LogP contribution in [-0.2, 0) is 4.79 Å². The van der Waals surface area contributed by atoms with Gasteiger partial charge >= 0.3 is 5.97 Å². The highest BCUT2D eigenvalue weighted by molar-refractivity contribution is 5.74. The Hall–Kier alpha value is -0.710. The van der Waals surface area contributed by atoms with Crippen molar-refractivity contribution < 1.29 is 18.7 Å². The van der Waals surface area contributed by atoms with Gasteiger partial charge in [0.15, 0.2) is 0 Å². The van der Waals surface area contributed by atoms with E-state index in [-0.39, 0.29) is 13.1 Å². The number of carboxylic acids is 1. The number of likely N-dealkylation sites (tertiary alicyclic amines) is 1. The predicted octanol–water partition coefficient (Wildman–Crippen LogP) is 1.44. The molecule has 1 atom stereocenters. The SMILES string of the molecule is CC1(C(=O)O)CCCN(CC(F)F)C1. The fourth-order valence-corrected chi connectivity index (χ4v) is 1.87. The van der Waals surface area contributed by atoms with E-state index >= 15 is 0 Å². The third kappa shape index (κ3) is 2.64. The quantitative estimate of drug-likeness (QED) is 0.761.